The summed E-state index contributed by atoms with van der Waals surface area (Å²) >= 11 is 0. The summed E-state index contributed by atoms with van der Waals surface area (Å²) in [6.45, 7) is 7.59. The molecule has 7 heteroatoms. The van der Waals surface area contributed by atoms with E-state index < -0.39 is 0 Å². The van der Waals surface area contributed by atoms with Crippen LogP contribution in [0.1, 0.15) is 37.0 Å². The van der Waals surface area contributed by atoms with Crippen LogP contribution in [0.15, 0.2) is 18.2 Å². The smallest absolute Gasteiger partial charge is 0.293 e. The Morgan fingerprint density at radius 1 is 1.32 bits per heavy atom. The molecule has 0 saturated carbocycles. The second-order valence-corrected chi connectivity index (χ2v) is 7.47. The number of carbonyl (C=O) groups excluding carboxylic acids is 1. The van der Waals surface area contributed by atoms with E-state index in [-0.39, 0.29) is 22.6 Å². The van der Waals surface area contributed by atoms with Gasteiger partial charge in [-0.2, -0.15) is 0 Å². The third-order valence-electron chi connectivity index (χ3n) is 5.04. The van der Waals surface area contributed by atoms with Gasteiger partial charge < -0.3 is 15.5 Å². The van der Waals surface area contributed by atoms with Gasteiger partial charge in [-0.05, 0) is 43.4 Å². The Kier molecular flexibility index (Phi) is 5.22. The lowest BCUT2D eigenvalue weighted by molar-refractivity contribution is -0.384. The summed E-state index contributed by atoms with van der Waals surface area (Å²) in [6.07, 6.45) is 2.02. The molecule has 25 heavy (non-hydrogen) atoms. The Morgan fingerprint density at radius 2 is 2.04 bits per heavy atom. The lowest BCUT2D eigenvalue weighted by Crippen LogP contribution is -2.39. The summed E-state index contributed by atoms with van der Waals surface area (Å²) < 4.78 is 0. The van der Waals surface area contributed by atoms with Crippen molar-refractivity contribution in [3.63, 3.8) is 0 Å². The molecular formula is C18H26N4O3. The van der Waals surface area contributed by atoms with Crippen molar-refractivity contribution in [3.05, 3.63) is 33.9 Å². The molecule has 0 radical (unpaired) electrons. The number of nitrogens with one attached hydrogen (secondary N) is 2. The van der Waals surface area contributed by atoms with E-state index in [1.165, 1.54) is 6.07 Å². The number of amides is 1. The number of nitro benzene ring substituents is 1. The molecule has 2 N–H and O–H groups in total. The van der Waals surface area contributed by atoms with Gasteiger partial charge in [0.15, 0.2) is 0 Å². The van der Waals surface area contributed by atoms with E-state index in [0.29, 0.717) is 23.1 Å². The van der Waals surface area contributed by atoms with E-state index in [0.717, 1.165) is 39.0 Å². The summed E-state index contributed by atoms with van der Waals surface area (Å²) in [5.41, 5.74) is 0.974. The fourth-order valence-electron chi connectivity index (χ4n) is 3.98. The Bertz CT molecular complexity index is 648. The van der Waals surface area contributed by atoms with Crippen molar-refractivity contribution in [3.8, 4) is 0 Å². The van der Waals surface area contributed by atoms with Crippen molar-refractivity contribution < 1.29 is 9.72 Å². The lowest BCUT2D eigenvalue weighted by atomic mass is 9.91. The molecular weight excluding hydrogens is 320 g/mol. The summed E-state index contributed by atoms with van der Waals surface area (Å²) in [5, 5.41) is 17.7. The first-order chi connectivity index (χ1) is 11.9. The molecule has 0 bridgehead atoms. The van der Waals surface area contributed by atoms with Crippen molar-refractivity contribution in [1.82, 2.24) is 10.6 Å². The number of hydrogen-bond donors (Lipinski definition) is 2. The van der Waals surface area contributed by atoms with Crippen molar-refractivity contribution in [2.45, 2.75) is 32.7 Å². The zero-order valence-electron chi connectivity index (χ0n) is 14.8. The number of hydrogen-bond acceptors (Lipinski definition) is 5. The molecule has 3 atom stereocenters. The zero-order chi connectivity index (χ0) is 18.0. The normalized spacial score (nSPS) is 26.5. The highest BCUT2D eigenvalue weighted by atomic mass is 16.6. The first kappa shape index (κ1) is 17.7. The monoisotopic (exact) mass is 346 g/mol. The molecule has 0 spiro atoms. The average molecular weight is 346 g/mol. The molecule has 2 heterocycles. The number of piperidine rings is 1. The maximum atomic E-state index is 12.4. The van der Waals surface area contributed by atoms with Crippen molar-refractivity contribution in [2.75, 3.05) is 31.1 Å². The van der Waals surface area contributed by atoms with Gasteiger partial charge in [0, 0.05) is 37.3 Å². The standard InChI is InChI=1S/C18H26N4O3/c1-12-7-13(2)11-21(10-12)16-4-3-14(8-17(16)22(24)25)18(23)20-15-5-6-19-9-15/h3-4,8,12-13,15,19H,5-7,9-11H2,1-2H3,(H,20,23). The van der Waals surface area contributed by atoms with Crippen molar-refractivity contribution in [1.29, 1.82) is 0 Å². The summed E-state index contributed by atoms with van der Waals surface area (Å²) in [7, 11) is 0. The van der Waals surface area contributed by atoms with Crippen LogP contribution in [0.4, 0.5) is 11.4 Å². The Morgan fingerprint density at radius 3 is 2.64 bits per heavy atom. The average Bonchev–Trinajstić information content (AvgIpc) is 3.06. The molecule has 2 fully saturated rings. The number of anilines is 1. The third-order valence-corrected chi connectivity index (χ3v) is 5.04. The fraction of sp³-hybridized carbons (Fsp3) is 0.611. The molecule has 2 saturated heterocycles. The second kappa shape index (κ2) is 7.39. The van der Waals surface area contributed by atoms with E-state index >= 15 is 0 Å². The maximum Gasteiger partial charge on any atom is 0.293 e. The van der Waals surface area contributed by atoms with Crippen LogP contribution in [0.25, 0.3) is 0 Å². The number of rotatable bonds is 4. The molecule has 7 nitrogen and oxygen atoms in total. The first-order valence-corrected chi connectivity index (χ1v) is 8.99. The van der Waals surface area contributed by atoms with Gasteiger partial charge in [-0.25, -0.2) is 0 Å². The van der Waals surface area contributed by atoms with Crippen LogP contribution >= 0.6 is 0 Å². The molecule has 2 aliphatic heterocycles. The van der Waals surface area contributed by atoms with Gasteiger partial charge in [-0.3, -0.25) is 14.9 Å². The van der Waals surface area contributed by atoms with E-state index in [9.17, 15) is 14.9 Å². The van der Waals surface area contributed by atoms with Crippen LogP contribution in [0, 0.1) is 22.0 Å². The number of carbonyl (C=O) groups is 1. The van der Waals surface area contributed by atoms with Gasteiger partial charge in [-0.15, -0.1) is 0 Å². The molecule has 1 aromatic carbocycles. The topological polar surface area (TPSA) is 87.5 Å². The maximum absolute atomic E-state index is 12.4. The Balaban J connectivity index is 1.82. The quantitative estimate of drug-likeness (QED) is 0.644. The van der Waals surface area contributed by atoms with Crippen LogP contribution in [-0.4, -0.2) is 43.1 Å². The SMILES string of the molecule is CC1CC(C)CN(c2ccc(C(=O)NC3CCNC3)cc2[N+](=O)[O-])C1. The molecule has 0 aromatic heterocycles. The van der Waals surface area contributed by atoms with Gasteiger partial charge in [0.05, 0.1) is 4.92 Å². The van der Waals surface area contributed by atoms with E-state index in [2.05, 4.69) is 29.4 Å². The molecule has 2 aliphatic rings. The minimum absolute atomic E-state index is 0.0125. The van der Waals surface area contributed by atoms with Crippen molar-refractivity contribution >= 4 is 17.3 Å². The van der Waals surface area contributed by atoms with Crippen LogP contribution in [0.2, 0.25) is 0 Å². The Labute approximate surface area is 147 Å². The number of benzene rings is 1. The Hall–Kier alpha value is -2.15. The second-order valence-electron chi connectivity index (χ2n) is 7.47. The summed E-state index contributed by atoms with van der Waals surface area (Å²) in [6, 6.07) is 4.93. The highest BCUT2D eigenvalue weighted by Gasteiger charge is 2.28. The fourth-order valence-corrected chi connectivity index (χ4v) is 3.98. The van der Waals surface area contributed by atoms with Gasteiger partial charge in [0.25, 0.3) is 11.6 Å². The summed E-state index contributed by atoms with van der Waals surface area (Å²) in [4.78, 5) is 25.7. The number of nitrogens with zero attached hydrogens (tertiary/aromatic N) is 2. The van der Waals surface area contributed by atoms with E-state index in [4.69, 9.17) is 0 Å². The third kappa shape index (κ3) is 4.10. The number of nitro groups is 1. The molecule has 0 aliphatic carbocycles. The van der Waals surface area contributed by atoms with E-state index in [1.807, 2.05) is 0 Å². The minimum atomic E-state index is -0.382. The first-order valence-electron chi connectivity index (χ1n) is 8.99. The van der Waals surface area contributed by atoms with Gasteiger partial charge in [0.1, 0.15) is 5.69 Å². The summed E-state index contributed by atoms with van der Waals surface area (Å²) in [5.74, 6) is 0.756. The largest absolute Gasteiger partial charge is 0.365 e. The van der Waals surface area contributed by atoms with Crippen molar-refractivity contribution in [2.24, 2.45) is 11.8 Å². The molecule has 136 valence electrons. The van der Waals surface area contributed by atoms with Crippen LogP contribution in [0.3, 0.4) is 0 Å². The molecule has 3 rings (SSSR count). The van der Waals surface area contributed by atoms with Crippen LogP contribution in [0.5, 0.6) is 0 Å². The highest BCUT2D eigenvalue weighted by molar-refractivity contribution is 5.96. The van der Waals surface area contributed by atoms with E-state index in [1.54, 1.807) is 12.1 Å². The van der Waals surface area contributed by atoms with Gasteiger partial charge >= 0.3 is 0 Å². The zero-order valence-corrected chi connectivity index (χ0v) is 14.8. The highest BCUT2D eigenvalue weighted by Crippen LogP contribution is 2.33. The molecule has 3 unspecified atom stereocenters. The molecule has 1 aromatic rings. The van der Waals surface area contributed by atoms with Gasteiger partial charge in [0.2, 0.25) is 0 Å². The molecule has 1 amide bonds. The van der Waals surface area contributed by atoms with Crippen LogP contribution in [-0.2, 0) is 0 Å². The van der Waals surface area contributed by atoms with Crippen LogP contribution < -0.4 is 15.5 Å². The minimum Gasteiger partial charge on any atom is -0.365 e. The van der Waals surface area contributed by atoms with Gasteiger partial charge in [-0.1, -0.05) is 13.8 Å². The predicted octanol–water partition coefficient (Wildman–Crippen LogP) is 2.17. The predicted molar refractivity (Wildman–Crippen MR) is 97.0 cm³/mol. The lowest BCUT2D eigenvalue weighted by Gasteiger charge is -2.36.